The van der Waals surface area contributed by atoms with E-state index in [9.17, 15) is 13.2 Å². The average molecular weight is 448 g/mol. The second-order valence-electron chi connectivity index (χ2n) is 8.09. The van der Waals surface area contributed by atoms with Crippen molar-refractivity contribution in [2.75, 3.05) is 31.5 Å². The second-order valence-corrected chi connectivity index (χ2v) is 11.0. The number of rotatable bonds is 5. The van der Waals surface area contributed by atoms with Gasteiger partial charge in [-0.3, -0.25) is 9.69 Å². The van der Waals surface area contributed by atoms with E-state index < -0.39 is 10.0 Å². The van der Waals surface area contributed by atoms with E-state index >= 15 is 0 Å². The Morgan fingerprint density at radius 2 is 1.77 bits per heavy atom. The number of carbonyl (C=O) groups is 1. The van der Waals surface area contributed by atoms with Crippen LogP contribution >= 0.6 is 11.3 Å². The lowest BCUT2D eigenvalue weighted by Crippen LogP contribution is -2.39. The first-order chi connectivity index (χ1) is 14.4. The van der Waals surface area contributed by atoms with Gasteiger partial charge in [0, 0.05) is 36.2 Å². The van der Waals surface area contributed by atoms with Crippen LogP contribution in [-0.4, -0.2) is 49.7 Å². The highest BCUT2D eigenvalue weighted by atomic mass is 32.2. The van der Waals surface area contributed by atoms with Crippen LogP contribution in [-0.2, 0) is 21.2 Å². The third-order valence-electron chi connectivity index (χ3n) is 6.09. The van der Waals surface area contributed by atoms with Crippen LogP contribution in [0.25, 0.3) is 0 Å². The zero-order valence-electron chi connectivity index (χ0n) is 17.3. The number of sulfonamides is 1. The molecular weight excluding hydrogens is 418 g/mol. The minimum atomic E-state index is -3.47. The molecule has 4 rings (SSSR count). The zero-order valence-corrected chi connectivity index (χ0v) is 19.0. The fourth-order valence-electron chi connectivity index (χ4n) is 4.30. The maximum atomic E-state index is 12.9. The maximum Gasteiger partial charge on any atom is 0.243 e. The lowest BCUT2D eigenvalue weighted by Gasteiger charge is -2.32. The standard InChI is InChI=1S/C22H29N3O3S2/c1-17-20-11-15-29-21(20)10-14-24(17)16-22(26)23-18-6-8-19(9-7-18)30(27,28)25-12-4-2-3-5-13-25/h6-9,11,15,17H,2-5,10,12-14,16H2,1H3,(H,23,26)/t17-/m1/s1. The van der Waals surface area contributed by atoms with E-state index in [1.54, 1.807) is 39.9 Å². The summed E-state index contributed by atoms with van der Waals surface area (Å²) in [4.78, 5) is 16.5. The van der Waals surface area contributed by atoms with Gasteiger partial charge in [-0.05, 0) is 67.5 Å². The van der Waals surface area contributed by atoms with Crippen molar-refractivity contribution < 1.29 is 13.2 Å². The Kier molecular flexibility index (Phi) is 6.57. The molecule has 1 amide bonds. The third-order valence-corrected chi connectivity index (χ3v) is 9.00. The lowest BCUT2D eigenvalue weighted by molar-refractivity contribution is -0.117. The molecule has 30 heavy (non-hydrogen) atoms. The van der Waals surface area contributed by atoms with Crippen LogP contribution in [0.5, 0.6) is 0 Å². The van der Waals surface area contributed by atoms with Crippen molar-refractivity contribution in [3.63, 3.8) is 0 Å². The Hall–Kier alpha value is -1.74. The third kappa shape index (κ3) is 4.61. The van der Waals surface area contributed by atoms with Crippen LogP contribution < -0.4 is 5.32 Å². The Morgan fingerprint density at radius 3 is 2.47 bits per heavy atom. The predicted molar refractivity (Wildman–Crippen MR) is 120 cm³/mol. The molecular formula is C22H29N3O3S2. The number of anilines is 1. The first-order valence-corrected chi connectivity index (χ1v) is 13.0. The summed E-state index contributed by atoms with van der Waals surface area (Å²) in [6, 6.07) is 8.93. The minimum absolute atomic E-state index is 0.0799. The Bertz CT molecular complexity index is 977. The van der Waals surface area contributed by atoms with Crippen molar-refractivity contribution in [2.45, 2.75) is 50.0 Å². The average Bonchev–Trinajstić information content (AvgIpc) is 3.04. The Balaban J connectivity index is 1.37. The van der Waals surface area contributed by atoms with E-state index in [1.165, 1.54) is 10.4 Å². The van der Waals surface area contributed by atoms with E-state index in [0.717, 1.165) is 38.6 Å². The molecule has 1 N–H and O–H groups in total. The predicted octanol–water partition coefficient (Wildman–Crippen LogP) is 3.87. The molecule has 2 aliphatic heterocycles. The highest BCUT2D eigenvalue weighted by molar-refractivity contribution is 7.89. The van der Waals surface area contributed by atoms with Gasteiger partial charge in [-0.2, -0.15) is 4.31 Å². The van der Waals surface area contributed by atoms with Gasteiger partial charge in [0.05, 0.1) is 11.4 Å². The van der Waals surface area contributed by atoms with Gasteiger partial charge in [0.25, 0.3) is 0 Å². The van der Waals surface area contributed by atoms with Crippen molar-refractivity contribution in [3.05, 3.63) is 46.2 Å². The van der Waals surface area contributed by atoms with E-state index in [2.05, 4.69) is 28.6 Å². The number of hydrogen-bond acceptors (Lipinski definition) is 5. The normalized spacial score (nSPS) is 21.0. The SMILES string of the molecule is C[C@@H]1c2ccsc2CCN1CC(=O)Nc1ccc(S(=O)(=O)N2CCCCCC2)cc1. The van der Waals surface area contributed by atoms with Crippen LogP contribution in [0, 0.1) is 0 Å². The molecule has 2 aromatic rings. The van der Waals surface area contributed by atoms with Crippen molar-refractivity contribution in [2.24, 2.45) is 0 Å². The number of amides is 1. The molecule has 0 radical (unpaired) electrons. The smallest absolute Gasteiger partial charge is 0.243 e. The topological polar surface area (TPSA) is 69.7 Å². The Morgan fingerprint density at radius 1 is 1.07 bits per heavy atom. The van der Waals surface area contributed by atoms with Crippen LogP contribution in [0.2, 0.25) is 0 Å². The maximum absolute atomic E-state index is 12.9. The van der Waals surface area contributed by atoms with Crippen LogP contribution in [0.3, 0.4) is 0 Å². The van der Waals surface area contributed by atoms with Crippen LogP contribution in [0.1, 0.15) is 49.1 Å². The zero-order chi connectivity index (χ0) is 21.1. The molecule has 1 aromatic carbocycles. The molecule has 2 aliphatic rings. The summed E-state index contributed by atoms with van der Waals surface area (Å²) < 4.78 is 27.4. The first kappa shape index (κ1) is 21.5. The highest BCUT2D eigenvalue weighted by Crippen LogP contribution is 2.32. The van der Waals surface area contributed by atoms with Crippen molar-refractivity contribution in [3.8, 4) is 0 Å². The molecule has 6 nitrogen and oxygen atoms in total. The summed E-state index contributed by atoms with van der Waals surface area (Å²) in [5, 5.41) is 5.03. The van der Waals surface area contributed by atoms with Crippen LogP contribution in [0.15, 0.2) is 40.6 Å². The molecule has 3 heterocycles. The van der Waals surface area contributed by atoms with Gasteiger partial charge < -0.3 is 5.32 Å². The molecule has 1 fully saturated rings. The number of benzene rings is 1. The van der Waals surface area contributed by atoms with Crippen LogP contribution in [0.4, 0.5) is 5.69 Å². The summed E-state index contributed by atoms with van der Waals surface area (Å²) in [7, 11) is -3.47. The van der Waals surface area contributed by atoms with Gasteiger partial charge >= 0.3 is 0 Å². The molecule has 1 saturated heterocycles. The summed E-state index contributed by atoms with van der Waals surface area (Å²) in [6.45, 7) is 4.50. The Labute approximate surface area is 182 Å². The monoisotopic (exact) mass is 447 g/mol. The summed E-state index contributed by atoms with van der Waals surface area (Å²) in [5.41, 5.74) is 1.94. The number of nitrogens with one attached hydrogen (secondary N) is 1. The van der Waals surface area contributed by atoms with Crippen molar-refractivity contribution in [1.29, 1.82) is 0 Å². The molecule has 1 aromatic heterocycles. The fourth-order valence-corrected chi connectivity index (χ4v) is 6.78. The van der Waals surface area contributed by atoms with Gasteiger partial charge in [0.1, 0.15) is 0 Å². The van der Waals surface area contributed by atoms with E-state index in [-0.39, 0.29) is 16.8 Å². The van der Waals surface area contributed by atoms with Gasteiger partial charge in [-0.15, -0.1) is 11.3 Å². The van der Waals surface area contributed by atoms with E-state index in [4.69, 9.17) is 0 Å². The molecule has 0 unspecified atom stereocenters. The molecule has 8 heteroatoms. The fraction of sp³-hybridized carbons (Fsp3) is 0.500. The number of nitrogens with zero attached hydrogens (tertiary/aromatic N) is 2. The molecule has 0 spiro atoms. The first-order valence-electron chi connectivity index (χ1n) is 10.7. The van der Waals surface area contributed by atoms with Crippen molar-refractivity contribution >= 4 is 33.0 Å². The van der Waals surface area contributed by atoms with Gasteiger partial charge in [0.15, 0.2) is 0 Å². The highest BCUT2D eigenvalue weighted by Gasteiger charge is 2.27. The molecule has 0 saturated carbocycles. The van der Waals surface area contributed by atoms with Gasteiger partial charge in [0.2, 0.25) is 15.9 Å². The number of thiophene rings is 1. The number of carbonyl (C=O) groups excluding carboxylic acids is 1. The summed E-state index contributed by atoms with van der Waals surface area (Å²) in [5.74, 6) is -0.0799. The summed E-state index contributed by atoms with van der Waals surface area (Å²) >= 11 is 1.79. The molecule has 162 valence electrons. The van der Waals surface area contributed by atoms with E-state index in [1.807, 2.05) is 0 Å². The lowest BCUT2D eigenvalue weighted by atomic mass is 10.0. The van der Waals surface area contributed by atoms with Gasteiger partial charge in [-0.1, -0.05) is 12.8 Å². The number of hydrogen-bond donors (Lipinski definition) is 1. The second kappa shape index (κ2) is 9.18. The minimum Gasteiger partial charge on any atom is -0.325 e. The quantitative estimate of drug-likeness (QED) is 0.755. The van der Waals surface area contributed by atoms with E-state index in [0.29, 0.717) is 25.3 Å². The summed E-state index contributed by atoms with van der Waals surface area (Å²) in [6.07, 6.45) is 4.97. The molecule has 0 aliphatic carbocycles. The van der Waals surface area contributed by atoms with Crippen molar-refractivity contribution in [1.82, 2.24) is 9.21 Å². The molecule has 1 atom stereocenters. The largest absolute Gasteiger partial charge is 0.325 e. The van der Waals surface area contributed by atoms with Gasteiger partial charge in [-0.25, -0.2) is 8.42 Å². The molecule has 0 bridgehead atoms. The number of fused-ring (bicyclic) bond motifs is 1.